The van der Waals surface area contributed by atoms with Crippen LogP contribution < -0.4 is 4.90 Å². The molecule has 3 heterocycles. The molecule has 0 unspecified atom stereocenters. The molecule has 0 N–H and O–H groups in total. The molecule has 180 valence electrons. The van der Waals surface area contributed by atoms with E-state index in [9.17, 15) is 0 Å². The lowest BCUT2D eigenvalue weighted by Gasteiger charge is -2.36. The van der Waals surface area contributed by atoms with E-state index in [-0.39, 0.29) is 23.2 Å². The highest BCUT2D eigenvalue weighted by molar-refractivity contribution is 7.99. The molecule has 9 heteroatoms. The van der Waals surface area contributed by atoms with Crippen molar-refractivity contribution in [3.05, 3.63) is 23.4 Å². The average Bonchev–Trinajstić information content (AvgIpc) is 3.02. The van der Waals surface area contributed by atoms with Gasteiger partial charge in [-0.25, -0.2) is 9.97 Å². The lowest BCUT2D eigenvalue weighted by molar-refractivity contribution is 0.258. The summed E-state index contributed by atoms with van der Waals surface area (Å²) in [5, 5.41) is 9.37. The maximum Gasteiger partial charge on any atom is 0.190 e. The average molecular weight is 482 g/mol. The standard InChI is InChI=1S/C23H39N7S.ClH/c1-17-26-27-21(28(17)8)31-15-9-10-29-11-13-30(14-12-29)19-16-18(22(2,3)4)24-20(25-19)23(5,6)7;/h16H,9-15H2,1-8H3;1H. The van der Waals surface area contributed by atoms with Crippen LogP contribution in [0, 0.1) is 6.92 Å². The molecular formula is C23H40ClN7S. The van der Waals surface area contributed by atoms with E-state index >= 15 is 0 Å². The van der Waals surface area contributed by atoms with E-state index in [0.29, 0.717) is 0 Å². The van der Waals surface area contributed by atoms with Crippen LogP contribution in [0.2, 0.25) is 0 Å². The van der Waals surface area contributed by atoms with Crippen molar-refractivity contribution in [1.82, 2.24) is 29.6 Å². The number of nitrogens with zero attached hydrogens (tertiary/aromatic N) is 7. The van der Waals surface area contributed by atoms with E-state index < -0.39 is 0 Å². The van der Waals surface area contributed by atoms with Gasteiger partial charge in [0.1, 0.15) is 17.5 Å². The van der Waals surface area contributed by atoms with E-state index in [4.69, 9.17) is 9.97 Å². The number of hydrogen-bond donors (Lipinski definition) is 0. The molecule has 0 saturated carbocycles. The van der Waals surface area contributed by atoms with Crippen molar-refractivity contribution in [2.45, 2.75) is 70.9 Å². The van der Waals surface area contributed by atoms with Gasteiger partial charge in [-0.2, -0.15) is 0 Å². The Hall–Kier alpha value is -1.38. The number of aryl methyl sites for hydroxylation is 1. The van der Waals surface area contributed by atoms with Gasteiger partial charge in [0.2, 0.25) is 0 Å². The van der Waals surface area contributed by atoms with Crippen LogP contribution in [-0.4, -0.2) is 68.1 Å². The Kier molecular flexibility index (Phi) is 8.98. The summed E-state index contributed by atoms with van der Waals surface area (Å²) in [7, 11) is 2.03. The fraction of sp³-hybridized carbons (Fsp3) is 0.739. The molecule has 1 fully saturated rings. The van der Waals surface area contributed by atoms with E-state index in [1.54, 1.807) is 11.8 Å². The minimum absolute atomic E-state index is 0. The van der Waals surface area contributed by atoms with Gasteiger partial charge in [-0.3, -0.25) is 4.90 Å². The van der Waals surface area contributed by atoms with Crippen molar-refractivity contribution in [3.63, 3.8) is 0 Å². The second-order valence-electron chi connectivity index (χ2n) is 10.6. The van der Waals surface area contributed by atoms with Crippen LogP contribution in [0.3, 0.4) is 0 Å². The summed E-state index contributed by atoms with van der Waals surface area (Å²) in [6, 6.07) is 2.20. The molecule has 0 radical (unpaired) electrons. The molecule has 0 bridgehead atoms. The van der Waals surface area contributed by atoms with Crippen LogP contribution in [0.1, 0.15) is 65.3 Å². The summed E-state index contributed by atoms with van der Waals surface area (Å²) in [5.41, 5.74) is 1.08. The first kappa shape index (κ1) is 26.9. The first-order valence-corrected chi connectivity index (χ1v) is 12.3. The van der Waals surface area contributed by atoms with E-state index in [1.165, 1.54) is 0 Å². The zero-order valence-electron chi connectivity index (χ0n) is 21.0. The van der Waals surface area contributed by atoms with Crippen molar-refractivity contribution in [2.24, 2.45) is 7.05 Å². The molecular weight excluding hydrogens is 442 g/mol. The number of rotatable bonds is 6. The molecule has 0 aliphatic carbocycles. The van der Waals surface area contributed by atoms with Gasteiger partial charge in [0.25, 0.3) is 0 Å². The molecule has 32 heavy (non-hydrogen) atoms. The summed E-state index contributed by atoms with van der Waals surface area (Å²) >= 11 is 1.80. The van der Waals surface area contributed by atoms with E-state index in [1.807, 2.05) is 14.0 Å². The monoisotopic (exact) mass is 481 g/mol. The normalized spacial score (nSPS) is 15.7. The highest BCUT2D eigenvalue weighted by Gasteiger charge is 2.26. The summed E-state index contributed by atoms with van der Waals surface area (Å²) in [6.45, 7) is 20.5. The van der Waals surface area contributed by atoms with Crippen LogP contribution >= 0.6 is 24.2 Å². The number of hydrogen-bond acceptors (Lipinski definition) is 7. The number of anilines is 1. The fourth-order valence-electron chi connectivity index (χ4n) is 3.48. The Morgan fingerprint density at radius 2 is 1.59 bits per heavy atom. The van der Waals surface area contributed by atoms with Crippen molar-refractivity contribution >= 4 is 30.0 Å². The Balaban J connectivity index is 0.00000363. The molecule has 2 aromatic heterocycles. The van der Waals surface area contributed by atoms with Crippen LogP contribution in [0.15, 0.2) is 11.2 Å². The quantitative estimate of drug-likeness (QED) is 0.451. The van der Waals surface area contributed by atoms with Gasteiger partial charge in [-0.15, -0.1) is 22.6 Å². The molecule has 3 rings (SSSR count). The Labute approximate surface area is 204 Å². The Bertz CT molecular complexity index is 845. The van der Waals surface area contributed by atoms with Gasteiger partial charge in [0.05, 0.1) is 5.69 Å². The second kappa shape index (κ2) is 10.7. The number of aromatic nitrogens is 5. The molecule has 1 aliphatic heterocycles. The van der Waals surface area contributed by atoms with Gasteiger partial charge in [-0.05, 0) is 19.9 Å². The predicted molar refractivity (Wildman–Crippen MR) is 136 cm³/mol. The smallest absolute Gasteiger partial charge is 0.190 e. The summed E-state index contributed by atoms with van der Waals surface area (Å²) < 4.78 is 2.06. The van der Waals surface area contributed by atoms with E-state index in [2.05, 4.69) is 72.2 Å². The number of halogens is 1. The van der Waals surface area contributed by atoms with Gasteiger partial charge in [0.15, 0.2) is 5.16 Å². The van der Waals surface area contributed by atoms with Gasteiger partial charge >= 0.3 is 0 Å². The molecule has 0 amide bonds. The zero-order valence-corrected chi connectivity index (χ0v) is 22.6. The molecule has 1 saturated heterocycles. The maximum atomic E-state index is 4.96. The third-order valence-corrected chi connectivity index (χ3v) is 6.86. The largest absolute Gasteiger partial charge is 0.354 e. The summed E-state index contributed by atoms with van der Waals surface area (Å²) in [5.74, 6) is 4.06. The molecule has 0 aromatic carbocycles. The topological polar surface area (TPSA) is 63.0 Å². The number of thioether (sulfide) groups is 1. The molecule has 0 spiro atoms. The Morgan fingerprint density at radius 3 is 2.12 bits per heavy atom. The summed E-state index contributed by atoms with van der Waals surface area (Å²) in [6.07, 6.45) is 1.16. The molecule has 2 aromatic rings. The van der Waals surface area contributed by atoms with Crippen molar-refractivity contribution in [2.75, 3.05) is 43.4 Å². The SMILES string of the molecule is Cc1nnc(SCCCN2CCN(c3cc(C(C)(C)C)nc(C(C)(C)C)n3)CC2)n1C.Cl. The highest BCUT2D eigenvalue weighted by atomic mass is 35.5. The van der Waals surface area contributed by atoms with Crippen molar-refractivity contribution in [1.29, 1.82) is 0 Å². The minimum Gasteiger partial charge on any atom is -0.354 e. The van der Waals surface area contributed by atoms with Crippen LogP contribution in [0.4, 0.5) is 5.82 Å². The zero-order chi connectivity index (χ0) is 22.8. The molecule has 1 aliphatic rings. The van der Waals surface area contributed by atoms with Gasteiger partial charge < -0.3 is 9.47 Å². The first-order valence-electron chi connectivity index (χ1n) is 11.3. The minimum atomic E-state index is -0.0588. The van der Waals surface area contributed by atoms with Crippen molar-refractivity contribution < 1.29 is 0 Å². The third kappa shape index (κ3) is 6.81. The van der Waals surface area contributed by atoms with Crippen LogP contribution in [-0.2, 0) is 17.9 Å². The Morgan fingerprint density at radius 1 is 0.938 bits per heavy atom. The fourth-order valence-corrected chi connectivity index (χ4v) is 4.36. The lowest BCUT2D eigenvalue weighted by Crippen LogP contribution is -2.47. The van der Waals surface area contributed by atoms with Gasteiger partial charge in [0, 0.05) is 55.9 Å². The predicted octanol–water partition coefficient (Wildman–Crippen LogP) is 4.23. The maximum absolute atomic E-state index is 4.96. The van der Waals surface area contributed by atoms with Crippen LogP contribution in [0.25, 0.3) is 0 Å². The van der Waals surface area contributed by atoms with E-state index in [0.717, 1.165) is 73.2 Å². The molecule has 7 nitrogen and oxygen atoms in total. The third-order valence-electron chi connectivity index (χ3n) is 5.75. The molecule has 0 atom stereocenters. The van der Waals surface area contributed by atoms with Gasteiger partial charge in [-0.1, -0.05) is 53.3 Å². The second-order valence-corrected chi connectivity index (χ2v) is 11.6. The highest BCUT2D eigenvalue weighted by Crippen LogP contribution is 2.28. The van der Waals surface area contributed by atoms with Crippen molar-refractivity contribution in [3.8, 4) is 0 Å². The lowest BCUT2D eigenvalue weighted by atomic mass is 9.90. The first-order chi connectivity index (χ1) is 14.4. The van der Waals surface area contributed by atoms with Crippen LogP contribution in [0.5, 0.6) is 0 Å². The summed E-state index contributed by atoms with van der Waals surface area (Å²) in [4.78, 5) is 14.9. The number of piperazine rings is 1.